The summed E-state index contributed by atoms with van der Waals surface area (Å²) < 4.78 is 0. The van der Waals surface area contributed by atoms with Crippen LogP contribution >= 0.6 is 0 Å². The van der Waals surface area contributed by atoms with Crippen LogP contribution in [0.1, 0.15) is 114 Å². The van der Waals surface area contributed by atoms with Gasteiger partial charge in [0.2, 0.25) is 23.8 Å². The van der Waals surface area contributed by atoms with E-state index >= 15 is 0 Å². The van der Waals surface area contributed by atoms with Crippen LogP contribution in [0.3, 0.4) is 0 Å². The number of carbonyl (C=O) groups excluding carboxylic acids is 1. The molecule has 352 valence electrons. The summed E-state index contributed by atoms with van der Waals surface area (Å²) in [6, 6.07) is 18.4. The van der Waals surface area contributed by atoms with Crippen molar-refractivity contribution in [2.75, 3.05) is 37.2 Å². The Morgan fingerprint density at radius 2 is 0.818 bits per heavy atom. The number of aryl methyl sites for hydroxylation is 6. The molecule has 66 heavy (non-hydrogen) atoms. The lowest BCUT2D eigenvalue weighted by molar-refractivity contribution is -0.114. The first-order valence-corrected chi connectivity index (χ1v) is 22.3. The van der Waals surface area contributed by atoms with Crippen molar-refractivity contribution < 1.29 is 4.79 Å². The maximum absolute atomic E-state index is 11.3. The lowest BCUT2D eigenvalue weighted by atomic mass is 10.1. The van der Waals surface area contributed by atoms with Crippen LogP contribution in [0.5, 0.6) is 0 Å². The first-order valence-electron chi connectivity index (χ1n) is 22.3. The van der Waals surface area contributed by atoms with E-state index in [0.29, 0.717) is 17.8 Å². The Labute approximate surface area is 393 Å². The van der Waals surface area contributed by atoms with Gasteiger partial charge in [0.15, 0.2) is 0 Å². The fourth-order valence-electron chi connectivity index (χ4n) is 6.31. The number of benzene rings is 3. The van der Waals surface area contributed by atoms with Crippen molar-refractivity contribution in [3.63, 3.8) is 0 Å². The van der Waals surface area contributed by atoms with Gasteiger partial charge in [0, 0.05) is 81.6 Å². The zero-order valence-corrected chi connectivity index (χ0v) is 42.5. The molecule has 0 radical (unpaired) electrons. The van der Waals surface area contributed by atoms with E-state index in [0.717, 1.165) is 62.5 Å². The smallest absolute Gasteiger partial charge is 0.225 e. The topological polar surface area (TPSA) is 179 Å². The predicted octanol–water partition coefficient (Wildman–Crippen LogP) is 12.7. The van der Waals surface area contributed by atoms with Crippen LogP contribution in [0.2, 0.25) is 0 Å². The van der Waals surface area contributed by atoms with Crippen molar-refractivity contribution in [3.8, 4) is 0 Å². The molecule has 0 saturated carbocycles. The highest BCUT2D eigenvalue weighted by molar-refractivity contribution is 5.91. The van der Waals surface area contributed by atoms with E-state index in [1.165, 1.54) is 29.2 Å². The number of hydrogen-bond acceptors (Lipinski definition) is 13. The van der Waals surface area contributed by atoms with Gasteiger partial charge in [-0.25, -0.2) is 15.0 Å². The van der Waals surface area contributed by atoms with Gasteiger partial charge in [0.05, 0.1) is 0 Å². The molecule has 0 aliphatic carbocycles. The van der Waals surface area contributed by atoms with Crippen LogP contribution in [0, 0.1) is 55.4 Å². The van der Waals surface area contributed by atoms with Crippen LogP contribution in [-0.4, -0.2) is 52.4 Å². The third-order valence-electron chi connectivity index (χ3n) is 9.62. The lowest BCUT2D eigenvalue weighted by Crippen LogP contribution is -2.27. The van der Waals surface area contributed by atoms with Crippen LogP contribution in [-0.2, 0) is 4.79 Å². The third kappa shape index (κ3) is 16.9. The highest BCUT2D eigenvalue weighted by atomic mass is 16.1. The van der Waals surface area contributed by atoms with Crippen molar-refractivity contribution in [2.24, 2.45) is 0 Å². The summed E-state index contributed by atoms with van der Waals surface area (Å²) in [7, 11) is 0. The van der Waals surface area contributed by atoms with E-state index in [1.54, 1.807) is 6.20 Å². The molecule has 0 aliphatic rings. The molecule has 0 atom stereocenters. The molecule has 6 rings (SSSR count). The molecule has 0 bridgehead atoms. The Hall–Kier alpha value is -6.83. The second kappa shape index (κ2) is 21.9. The Morgan fingerprint density at radius 3 is 1.21 bits per heavy atom. The Morgan fingerprint density at radius 1 is 0.455 bits per heavy atom. The number of nitrogens with one attached hydrogen (secondary N) is 7. The average Bonchev–Trinajstić information content (AvgIpc) is 3.17. The van der Waals surface area contributed by atoms with Gasteiger partial charge in [-0.1, -0.05) is 24.3 Å². The SMILES string of the molecule is CC(=O)Nc1cccc(Nc2nc(NC(C)(C)C)ncc2C)c1C.Cc1cc(C)cc(Nc2nc(NC(C)(C)C)ncc2C)c1.Cc1cnc(NC(C)(C)C)nc1Nc1cccc(C)c1C. The summed E-state index contributed by atoms with van der Waals surface area (Å²) in [5.41, 5.74) is 12.5. The number of aromatic nitrogens is 6. The molecule has 3 heterocycles. The van der Waals surface area contributed by atoms with Gasteiger partial charge < -0.3 is 37.2 Å². The summed E-state index contributed by atoms with van der Waals surface area (Å²) in [5, 5.41) is 22.8. The molecule has 0 spiro atoms. The molecule has 14 nitrogen and oxygen atoms in total. The molecular formula is C52H73N13O. The monoisotopic (exact) mass is 896 g/mol. The van der Waals surface area contributed by atoms with Crippen molar-refractivity contribution >= 4 is 64.0 Å². The highest BCUT2D eigenvalue weighted by Crippen LogP contribution is 2.29. The zero-order valence-electron chi connectivity index (χ0n) is 42.5. The Bertz CT molecular complexity index is 2580. The maximum Gasteiger partial charge on any atom is 0.225 e. The van der Waals surface area contributed by atoms with E-state index in [-0.39, 0.29) is 22.5 Å². The van der Waals surface area contributed by atoms with Crippen molar-refractivity contribution in [1.29, 1.82) is 0 Å². The number of anilines is 10. The van der Waals surface area contributed by atoms with Crippen LogP contribution in [0.4, 0.5) is 58.0 Å². The molecule has 0 saturated heterocycles. The van der Waals surface area contributed by atoms with Gasteiger partial charge in [-0.05, 0) is 176 Å². The van der Waals surface area contributed by atoms with Crippen molar-refractivity contribution in [3.05, 3.63) is 118 Å². The van der Waals surface area contributed by atoms with Crippen LogP contribution in [0.15, 0.2) is 73.2 Å². The van der Waals surface area contributed by atoms with Gasteiger partial charge in [0.1, 0.15) is 17.5 Å². The Balaban J connectivity index is 0.000000217. The maximum atomic E-state index is 11.3. The first-order chi connectivity index (χ1) is 30.6. The lowest BCUT2D eigenvalue weighted by Gasteiger charge is -2.21. The molecule has 7 N–H and O–H groups in total. The molecule has 3 aromatic carbocycles. The van der Waals surface area contributed by atoms with E-state index in [9.17, 15) is 4.79 Å². The fourth-order valence-corrected chi connectivity index (χ4v) is 6.31. The standard InChI is InChI=1S/C18H25N5O.2C17H24N4/c1-11-10-19-17(23-18(4,5)6)22-16(11)21-15-9-7-8-14(12(15)2)20-13(3)24;1-11-7-12(2)9-14(8-11)19-15-13(3)10-18-16(20-15)21-17(4,5)6;1-11-8-7-9-14(13(11)3)19-15-12(2)10-18-16(20-15)21-17(4,5)6/h7-10H,1-6H3,(H,20,24)(H2,19,21,22,23);2*7-10H,1-6H3,(H2,18,19,20,21). The van der Waals surface area contributed by atoms with E-state index in [2.05, 4.69) is 194 Å². The minimum absolute atomic E-state index is 0.0630. The summed E-state index contributed by atoms with van der Waals surface area (Å²) in [6.45, 7) is 36.6. The number of rotatable bonds is 10. The van der Waals surface area contributed by atoms with Gasteiger partial charge in [-0.15, -0.1) is 0 Å². The quantitative estimate of drug-likeness (QED) is 0.0691. The summed E-state index contributed by atoms with van der Waals surface area (Å²) in [6.07, 6.45) is 5.47. The number of carbonyl (C=O) groups is 1. The van der Waals surface area contributed by atoms with Gasteiger partial charge >= 0.3 is 0 Å². The third-order valence-corrected chi connectivity index (χ3v) is 9.62. The van der Waals surface area contributed by atoms with Crippen molar-refractivity contribution in [2.45, 2.75) is 141 Å². The Kier molecular flexibility index (Phi) is 17.2. The first kappa shape index (κ1) is 51.8. The summed E-state index contributed by atoms with van der Waals surface area (Å²) in [4.78, 5) is 38.0. The molecule has 0 fully saturated rings. The van der Waals surface area contributed by atoms with Crippen molar-refractivity contribution in [1.82, 2.24) is 29.9 Å². The van der Waals surface area contributed by atoms with Gasteiger partial charge in [-0.3, -0.25) is 4.79 Å². The molecule has 14 heteroatoms. The fraction of sp³-hybridized carbons (Fsp3) is 0.404. The largest absolute Gasteiger partial charge is 0.350 e. The number of amides is 1. The minimum atomic E-state index is -0.117. The summed E-state index contributed by atoms with van der Waals surface area (Å²) >= 11 is 0. The zero-order chi connectivity index (χ0) is 49.1. The van der Waals surface area contributed by atoms with Crippen LogP contribution in [0.25, 0.3) is 0 Å². The second-order valence-corrected chi connectivity index (χ2v) is 20.0. The van der Waals surface area contributed by atoms with E-state index < -0.39 is 0 Å². The second-order valence-electron chi connectivity index (χ2n) is 20.0. The number of nitrogens with zero attached hydrogens (tertiary/aromatic N) is 6. The molecule has 1 amide bonds. The predicted molar refractivity (Wildman–Crippen MR) is 278 cm³/mol. The number of hydrogen-bond donors (Lipinski definition) is 7. The van der Waals surface area contributed by atoms with E-state index in [1.807, 2.05) is 58.3 Å². The van der Waals surface area contributed by atoms with Gasteiger partial charge in [-0.2, -0.15) is 15.0 Å². The molecule has 6 aromatic rings. The summed E-state index contributed by atoms with van der Waals surface area (Å²) in [5.74, 6) is 4.17. The highest BCUT2D eigenvalue weighted by Gasteiger charge is 2.16. The van der Waals surface area contributed by atoms with E-state index in [4.69, 9.17) is 0 Å². The molecule has 0 aliphatic heterocycles. The van der Waals surface area contributed by atoms with Crippen LogP contribution < -0.4 is 37.2 Å². The minimum Gasteiger partial charge on any atom is -0.350 e. The van der Waals surface area contributed by atoms with Gasteiger partial charge in [0.25, 0.3) is 0 Å². The normalized spacial score (nSPS) is 11.2. The molecule has 3 aromatic heterocycles. The average molecular weight is 896 g/mol. The molecular weight excluding hydrogens is 823 g/mol. The molecule has 0 unspecified atom stereocenters.